The Balaban J connectivity index is 2.50. The van der Waals surface area contributed by atoms with E-state index < -0.39 is 50.1 Å². The Morgan fingerprint density at radius 1 is 1.24 bits per heavy atom. The molecule has 0 radical (unpaired) electrons. The van der Waals surface area contributed by atoms with Gasteiger partial charge in [-0.2, -0.15) is 4.31 Å². The molecule has 25 heavy (non-hydrogen) atoms. The highest BCUT2D eigenvalue weighted by Crippen LogP contribution is 2.33. The number of sulfonamides is 1. The predicted octanol–water partition coefficient (Wildman–Crippen LogP) is -1.16. The molecule has 0 bridgehead atoms. The van der Waals surface area contributed by atoms with Gasteiger partial charge in [-0.1, -0.05) is 0 Å². The Hall–Kier alpha value is -1.40. The van der Waals surface area contributed by atoms with Crippen molar-refractivity contribution in [1.82, 2.24) is 4.31 Å². The summed E-state index contributed by atoms with van der Waals surface area (Å²) in [4.78, 5) is -0.208. The fourth-order valence-corrected chi connectivity index (χ4v) is 6.44. The van der Waals surface area contributed by atoms with Crippen molar-refractivity contribution in [3.05, 3.63) is 18.2 Å². The molecule has 0 saturated carbocycles. The number of sulfone groups is 1. The molecule has 1 aromatic rings. The predicted molar refractivity (Wildman–Crippen MR) is 89.0 cm³/mol. The van der Waals surface area contributed by atoms with Crippen molar-refractivity contribution in [3.8, 4) is 11.5 Å². The van der Waals surface area contributed by atoms with Gasteiger partial charge in [0.2, 0.25) is 10.0 Å². The summed E-state index contributed by atoms with van der Waals surface area (Å²) in [5.74, 6) is -0.633. The Morgan fingerprint density at radius 3 is 2.40 bits per heavy atom. The quantitative estimate of drug-likeness (QED) is 0.591. The van der Waals surface area contributed by atoms with Gasteiger partial charge >= 0.3 is 0 Å². The normalized spacial score (nSPS) is 22.9. The zero-order chi connectivity index (χ0) is 18.8. The fourth-order valence-electron chi connectivity index (χ4n) is 2.76. The van der Waals surface area contributed by atoms with Gasteiger partial charge in [-0.05, 0) is 12.1 Å². The van der Waals surface area contributed by atoms with Gasteiger partial charge in [-0.3, -0.25) is 0 Å². The van der Waals surface area contributed by atoms with E-state index in [0.29, 0.717) is 5.75 Å². The molecule has 0 unspecified atom stereocenters. The van der Waals surface area contributed by atoms with Gasteiger partial charge in [0, 0.05) is 12.6 Å². The molecule has 1 saturated heterocycles. The Morgan fingerprint density at radius 2 is 1.92 bits per heavy atom. The van der Waals surface area contributed by atoms with E-state index in [2.05, 4.69) is 0 Å². The Kier molecular flexibility index (Phi) is 5.94. The van der Waals surface area contributed by atoms with E-state index in [1.807, 2.05) is 0 Å². The molecule has 142 valence electrons. The third-order valence-corrected chi connectivity index (χ3v) is 7.60. The van der Waals surface area contributed by atoms with Crippen molar-refractivity contribution in [1.29, 1.82) is 0 Å². The Bertz CT molecular complexity index is 821. The summed E-state index contributed by atoms with van der Waals surface area (Å²) in [6.07, 6.45) is -1.37. The molecule has 1 aliphatic rings. The summed E-state index contributed by atoms with van der Waals surface area (Å²) in [6.45, 7) is -0.879. The third kappa shape index (κ3) is 4.06. The summed E-state index contributed by atoms with van der Waals surface area (Å²) in [6, 6.07) is 2.90. The van der Waals surface area contributed by atoms with Crippen molar-refractivity contribution in [3.63, 3.8) is 0 Å². The Labute approximate surface area is 146 Å². The highest BCUT2D eigenvalue weighted by atomic mass is 32.2. The van der Waals surface area contributed by atoms with Crippen LogP contribution in [0.25, 0.3) is 0 Å². The van der Waals surface area contributed by atoms with Crippen LogP contribution in [0.5, 0.6) is 11.5 Å². The number of hydrogen-bond acceptors (Lipinski definition) is 8. The molecule has 0 amide bonds. The van der Waals surface area contributed by atoms with Crippen molar-refractivity contribution in [2.24, 2.45) is 0 Å². The molecular weight excluding hydrogens is 374 g/mol. The highest BCUT2D eigenvalue weighted by molar-refractivity contribution is 7.92. The lowest BCUT2D eigenvalue weighted by molar-refractivity contribution is 0.117. The molecule has 1 aromatic carbocycles. The van der Waals surface area contributed by atoms with Crippen molar-refractivity contribution in [2.45, 2.75) is 17.0 Å². The second kappa shape index (κ2) is 7.46. The van der Waals surface area contributed by atoms with Crippen LogP contribution in [0.1, 0.15) is 0 Å². The summed E-state index contributed by atoms with van der Waals surface area (Å²) in [5, 5.41) is 19.3. The minimum absolute atomic E-state index is 0.0117. The van der Waals surface area contributed by atoms with Crippen LogP contribution in [0, 0.1) is 0 Å². The fraction of sp³-hybridized carbons (Fsp3) is 0.571. The van der Waals surface area contributed by atoms with Gasteiger partial charge in [-0.25, -0.2) is 16.8 Å². The molecular formula is C14H21NO8S2. The van der Waals surface area contributed by atoms with Gasteiger partial charge < -0.3 is 19.7 Å². The largest absolute Gasteiger partial charge is 0.497 e. The number of benzene rings is 1. The van der Waals surface area contributed by atoms with Gasteiger partial charge in [-0.15, -0.1) is 0 Å². The standard InChI is InChI=1S/C14H21NO8S2/c1-22-10-3-4-14(13(7-10)23-2)25(20,21)15(5-6-16)11-8-24(18,19)9-12(11)17/h3-4,7,11-12,16-17H,5-6,8-9H2,1-2H3/t11-,12+/m1/s1. The maximum absolute atomic E-state index is 13.0. The first-order valence-electron chi connectivity index (χ1n) is 7.39. The highest BCUT2D eigenvalue weighted by Gasteiger charge is 2.45. The van der Waals surface area contributed by atoms with Gasteiger partial charge in [0.05, 0.1) is 44.5 Å². The summed E-state index contributed by atoms with van der Waals surface area (Å²) in [5.41, 5.74) is 0. The van der Waals surface area contributed by atoms with E-state index >= 15 is 0 Å². The molecule has 2 atom stereocenters. The minimum atomic E-state index is -4.23. The van der Waals surface area contributed by atoms with Crippen LogP contribution in [0.4, 0.5) is 0 Å². The SMILES string of the molecule is COc1ccc(S(=O)(=O)N(CCO)[C@@H]2CS(=O)(=O)C[C@@H]2O)c(OC)c1. The maximum atomic E-state index is 13.0. The number of methoxy groups -OCH3 is 2. The lowest BCUT2D eigenvalue weighted by Crippen LogP contribution is -2.47. The van der Waals surface area contributed by atoms with Crippen molar-refractivity contribution >= 4 is 19.9 Å². The number of nitrogens with zero attached hydrogens (tertiary/aromatic N) is 1. The molecule has 2 N–H and O–H groups in total. The topological polar surface area (TPSA) is 130 Å². The van der Waals surface area contributed by atoms with Crippen LogP contribution < -0.4 is 9.47 Å². The molecule has 1 fully saturated rings. The molecule has 2 rings (SSSR count). The van der Waals surface area contributed by atoms with Gasteiger partial charge in [0.1, 0.15) is 16.4 Å². The maximum Gasteiger partial charge on any atom is 0.247 e. The minimum Gasteiger partial charge on any atom is -0.497 e. The summed E-state index contributed by atoms with van der Waals surface area (Å²) >= 11 is 0. The average Bonchev–Trinajstić information content (AvgIpc) is 2.83. The van der Waals surface area contributed by atoms with Crippen LogP contribution in [-0.4, -0.2) is 82.4 Å². The zero-order valence-corrected chi connectivity index (χ0v) is 15.5. The van der Waals surface area contributed by atoms with Crippen LogP contribution >= 0.6 is 0 Å². The first-order chi connectivity index (χ1) is 11.7. The van der Waals surface area contributed by atoms with Crippen LogP contribution in [0.15, 0.2) is 23.1 Å². The zero-order valence-electron chi connectivity index (χ0n) is 13.8. The van der Waals surface area contributed by atoms with Crippen molar-refractivity contribution < 1.29 is 36.5 Å². The summed E-state index contributed by atoms with van der Waals surface area (Å²) in [7, 11) is -5.09. The molecule has 0 aliphatic carbocycles. The van der Waals surface area contributed by atoms with Gasteiger partial charge in [0.25, 0.3) is 0 Å². The smallest absolute Gasteiger partial charge is 0.247 e. The number of hydrogen-bond donors (Lipinski definition) is 2. The van der Waals surface area contributed by atoms with E-state index in [0.717, 1.165) is 4.31 Å². The second-order valence-corrected chi connectivity index (χ2v) is 9.58. The van der Waals surface area contributed by atoms with Crippen LogP contribution in [0.2, 0.25) is 0 Å². The van der Waals surface area contributed by atoms with Gasteiger partial charge in [0.15, 0.2) is 9.84 Å². The summed E-state index contributed by atoms with van der Waals surface area (Å²) < 4.78 is 60.5. The average molecular weight is 395 g/mol. The van der Waals surface area contributed by atoms with Crippen LogP contribution in [-0.2, 0) is 19.9 Å². The second-order valence-electron chi connectivity index (χ2n) is 5.57. The monoisotopic (exact) mass is 395 g/mol. The van der Waals surface area contributed by atoms with Crippen molar-refractivity contribution in [2.75, 3.05) is 38.9 Å². The van der Waals surface area contributed by atoms with E-state index in [1.165, 1.54) is 32.4 Å². The number of ether oxygens (including phenoxy) is 2. The number of aliphatic hydroxyl groups excluding tert-OH is 2. The first kappa shape index (κ1) is 19.9. The molecule has 1 aliphatic heterocycles. The van der Waals surface area contributed by atoms with E-state index in [1.54, 1.807) is 0 Å². The van der Waals surface area contributed by atoms with E-state index in [4.69, 9.17) is 9.47 Å². The first-order valence-corrected chi connectivity index (χ1v) is 10.7. The number of aliphatic hydroxyl groups is 2. The number of rotatable bonds is 7. The molecule has 0 spiro atoms. The molecule has 0 aromatic heterocycles. The molecule has 11 heteroatoms. The van der Waals surface area contributed by atoms with Crippen LogP contribution in [0.3, 0.4) is 0 Å². The lowest BCUT2D eigenvalue weighted by atomic mass is 10.2. The van der Waals surface area contributed by atoms with E-state index in [-0.39, 0.29) is 17.2 Å². The lowest BCUT2D eigenvalue weighted by Gasteiger charge is -2.29. The van der Waals surface area contributed by atoms with E-state index in [9.17, 15) is 27.0 Å². The third-order valence-electron chi connectivity index (χ3n) is 3.94. The molecule has 1 heterocycles. The molecule has 9 nitrogen and oxygen atoms in total.